The Morgan fingerprint density at radius 3 is 3.25 bits per heavy atom. The molecule has 0 aliphatic rings. The van der Waals surface area contributed by atoms with Gasteiger partial charge in [0.1, 0.15) is 5.65 Å². The molecule has 3 nitrogen and oxygen atoms in total. The monoisotopic (exact) mass is 157 g/mol. The van der Waals surface area contributed by atoms with Crippen LogP contribution < -0.4 is 0 Å². The summed E-state index contributed by atoms with van der Waals surface area (Å²) < 4.78 is 1.92. The van der Waals surface area contributed by atoms with E-state index in [2.05, 4.69) is 11.1 Å². The lowest BCUT2D eigenvalue weighted by Crippen LogP contribution is -1.86. The van der Waals surface area contributed by atoms with Crippen molar-refractivity contribution < 1.29 is 0 Å². The van der Waals surface area contributed by atoms with Gasteiger partial charge in [0.15, 0.2) is 0 Å². The standard InChI is InChI=1S/C9H7N3/c10-3-1-8-2-5-12-6-4-11-9(12)7-8/h2,4-7H,1H2. The van der Waals surface area contributed by atoms with Crippen molar-refractivity contribution in [3.8, 4) is 6.07 Å². The molecule has 0 saturated carbocycles. The first-order valence-electron chi connectivity index (χ1n) is 3.69. The fourth-order valence-corrected chi connectivity index (χ4v) is 1.15. The van der Waals surface area contributed by atoms with Crippen molar-refractivity contribution in [2.45, 2.75) is 6.42 Å². The topological polar surface area (TPSA) is 41.1 Å². The summed E-state index contributed by atoms with van der Waals surface area (Å²) in [5.74, 6) is 0. The molecule has 2 heterocycles. The lowest BCUT2D eigenvalue weighted by molar-refractivity contribution is 1.15. The zero-order valence-corrected chi connectivity index (χ0v) is 6.44. The molecule has 0 aromatic carbocycles. The summed E-state index contributed by atoms with van der Waals surface area (Å²) in [4.78, 5) is 4.12. The lowest BCUT2D eigenvalue weighted by atomic mass is 10.2. The van der Waals surface area contributed by atoms with Gasteiger partial charge in [-0.2, -0.15) is 5.26 Å². The second-order valence-corrected chi connectivity index (χ2v) is 2.56. The third-order valence-electron chi connectivity index (χ3n) is 1.75. The Morgan fingerprint density at radius 1 is 1.50 bits per heavy atom. The molecule has 0 atom stereocenters. The smallest absolute Gasteiger partial charge is 0.136 e. The molecule has 0 spiro atoms. The average Bonchev–Trinajstić information content (AvgIpc) is 2.51. The Bertz CT molecular complexity index is 436. The van der Waals surface area contributed by atoms with Crippen LogP contribution in [0.15, 0.2) is 30.7 Å². The molecule has 0 saturated heterocycles. The molecule has 3 heteroatoms. The molecule has 0 unspecified atom stereocenters. The summed E-state index contributed by atoms with van der Waals surface area (Å²) >= 11 is 0. The number of hydrogen-bond acceptors (Lipinski definition) is 2. The minimum Gasteiger partial charge on any atom is -0.307 e. The second-order valence-electron chi connectivity index (χ2n) is 2.56. The van der Waals surface area contributed by atoms with Crippen LogP contribution in [-0.2, 0) is 6.42 Å². The first-order valence-corrected chi connectivity index (χ1v) is 3.69. The molecule has 0 amide bonds. The Morgan fingerprint density at radius 2 is 2.42 bits per heavy atom. The first-order chi connectivity index (χ1) is 5.90. The third kappa shape index (κ3) is 1.04. The fraction of sp³-hybridized carbons (Fsp3) is 0.111. The van der Waals surface area contributed by atoms with Crippen LogP contribution in [0.3, 0.4) is 0 Å². The largest absolute Gasteiger partial charge is 0.307 e. The van der Waals surface area contributed by atoms with Gasteiger partial charge in [-0.05, 0) is 17.7 Å². The van der Waals surface area contributed by atoms with Gasteiger partial charge >= 0.3 is 0 Å². The zero-order valence-electron chi connectivity index (χ0n) is 6.44. The fourth-order valence-electron chi connectivity index (χ4n) is 1.15. The molecule has 2 rings (SSSR count). The van der Waals surface area contributed by atoms with Crippen molar-refractivity contribution in [1.82, 2.24) is 9.38 Å². The number of hydrogen-bond donors (Lipinski definition) is 0. The number of nitriles is 1. The maximum Gasteiger partial charge on any atom is 0.136 e. The van der Waals surface area contributed by atoms with E-state index >= 15 is 0 Å². The quantitative estimate of drug-likeness (QED) is 0.627. The van der Waals surface area contributed by atoms with E-state index in [1.54, 1.807) is 6.20 Å². The molecule has 12 heavy (non-hydrogen) atoms. The lowest BCUT2D eigenvalue weighted by Gasteiger charge is -1.95. The van der Waals surface area contributed by atoms with Gasteiger partial charge in [-0.15, -0.1) is 0 Å². The predicted molar refractivity (Wildman–Crippen MR) is 44.5 cm³/mol. The highest BCUT2D eigenvalue weighted by Crippen LogP contribution is 2.05. The van der Waals surface area contributed by atoms with E-state index in [0.29, 0.717) is 6.42 Å². The molecule has 0 fully saturated rings. The zero-order chi connectivity index (χ0) is 8.39. The molecule has 0 aliphatic carbocycles. The second kappa shape index (κ2) is 2.67. The average molecular weight is 157 g/mol. The normalized spacial score (nSPS) is 9.92. The number of fused-ring (bicyclic) bond motifs is 1. The van der Waals surface area contributed by atoms with E-state index in [-0.39, 0.29) is 0 Å². The van der Waals surface area contributed by atoms with Crippen molar-refractivity contribution in [2.24, 2.45) is 0 Å². The Labute approximate surface area is 69.9 Å². The Hall–Kier alpha value is -1.82. The SMILES string of the molecule is N#CCc1ccn2ccnc2c1. The van der Waals surface area contributed by atoms with Crippen molar-refractivity contribution in [3.05, 3.63) is 36.3 Å². The minimum atomic E-state index is 0.448. The summed E-state index contributed by atoms with van der Waals surface area (Å²) in [5.41, 5.74) is 1.90. The minimum absolute atomic E-state index is 0.448. The number of pyridine rings is 1. The highest BCUT2D eigenvalue weighted by Gasteiger charge is 1.95. The number of aromatic nitrogens is 2. The van der Waals surface area contributed by atoms with Gasteiger partial charge in [-0.1, -0.05) is 0 Å². The van der Waals surface area contributed by atoms with Gasteiger partial charge in [0, 0.05) is 18.6 Å². The molecule has 0 radical (unpaired) electrons. The number of imidazole rings is 1. The van der Waals surface area contributed by atoms with E-state index in [9.17, 15) is 0 Å². The van der Waals surface area contributed by atoms with Crippen molar-refractivity contribution in [1.29, 1.82) is 5.26 Å². The maximum atomic E-state index is 8.47. The summed E-state index contributed by atoms with van der Waals surface area (Å²) in [6.45, 7) is 0. The summed E-state index contributed by atoms with van der Waals surface area (Å²) in [6, 6.07) is 5.95. The number of nitrogens with zero attached hydrogens (tertiary/aromatic N) is 3. The van der Waals surface area contributed by atoms with E-state index in [1.165, 1.54) is 0 Å². The van der Waals surface area contributed by atoms with Crippen LogP contribution in [0.5, 0.6) is 0 Å². The maximum absolute atomic E-state index is 8.47. The van der Waals surface area contributed by atoms with Crippen molar-refractivity contribution >= 4 is 5.65 Å². The van der Waals surface area contributed by atoms with Gasteiger partial charge in [0.05, 0.1) is 12.5 Å². The third-order valence-corrected chi connectivity index (χ3v) is 1.75. The van der Waals surface area contributed by atoms with E-state index < -0.39 is 0 Å². The summed E-state index contributed by atoms with van der Waals surface area (Å²) in [6.07, 6.45) is 5.98. The van der Waals surface area contributed by atoms with Gasteiger partial charge in [-0.25, -0.2) is 4.98 Å². The van der Waals surface area contributed by atoms with Crippen LogP contribution in [0.25, 0.3) is 5.65 Å². The molecule has 2 aromatic rings. The molecular weight excluding hydrogens is 150 g/mol. The Kier molecular flexibility index (Phi) is 1.52. The van der Waals surface area contributed by atoms with E-state index in [0.717, 1.165) is 11.2 Å². The van der Waals surface area contributed by atoms with Crippen molar-refractivity contribution in [2.75, 3.05) is 0 Å². The highest BCUT2D eigenvalue weighted by atomic mass is 15.0. The Balaban J connectivity index is 2.54. The molecule has 58 valence electrons. The molecule has 0 N–H and O–H groups in total. The van der Waals surface area contributed by atoms with Crippen LogP contribution in [-0.4, -0.2) is 9.38 Å². The van der Waals surface area contributed by atoms with Gasteiger partial charge in [-0.3, -0.25) is 0 Å². The summed E-state index contributed by atoms with van der Waals surface area (Å²) in [5, 5.41) is 8.47. The molecule has 2 aromatic heterocycles. The first kappa shape index (κ1) is 6.86. The summed E-state index contributed by atoms with van der Waals surface area (Å²) in [7, 11) is 0. The van der Waals surface area contributed by atoms with Crippen molar-refractivity contribution in [3.63, 3.8) is 0 Å². The number of rotatable bonds is 1. The van der Waals surface area contributed by atoms with E-state index in [4.69, 9.17) is 5.26 Å². The van der Waals surface area contributed by atoms with Crippen LogP contribution in [0.1, 0.15) is 5.56 Å². The van der Waals surface area contributed by atoms with Gasteiger partial charge in [0.25, 0.3) is 0 Å². The van der Waals surface area contributed by atoms with Crippen LogP contribution in [0.2, 0.25) is 0 Å². The molecule has 0 aliphatic heterocycles. The van der Waals surface area contributed by atoms with Crippen LogP contribution in [0, 0.1) is 11.3 Å². The van der Waals surface area contributed by atoms with Crippen LogP contribution >= 0.6 is 0 Å². The van der Waals surface area contributed by atoms with E-state index in [1.807, 2.05) is 28.9 Å². The van der Waals surface area contributed by atoms with Gasteiger partial charge < -0.3 is 4.40 Å². The predicted octanol–water partition coefficient (Wildman–Crippen LogP) is 1.40. The van der Waals surface area contributed by atoms with Gasteiger partial charge in [0.2, 0.25) is 0 Å². The molecular formula is C9H7N3. The molecule has 0 bridgehead atoms. The highest BCUT2D eigenvalue weighted by molar-refractivity contribution is 5.41. The van der Waals surface area contributed by atoms with Crippen LogP contribution in [0.4, 0.5) is 0 Å².